The fourth-order valence-corrected chi connectivity index (χ4v) is 2.24. The van der Waals surface area contributed by atoms with Crippen LogP contribution in [-0.2, 0) is 19.1 Å². The summed E-state index contributed by atoms with van der Waals surface area (Å²) in [6.07, 6.45) is 0. The largest absolute Gasteiger partial charge is 0.465 e. The lowest BCUT2D eigenvalue weighted by Gasteiger charge is -2.21. The van der Waals surface area contributed by atoms with E-state index in [0.717, 1.165) is 12.1 Å². The molecule has 9 heteroatoms. The van der Waals surface area contributed by atoms with Crippen LogP contribution in [0, 0.1) is 27.7 Å². The molecule has 0 amide bonds. The molecule has 0 aromatic heterocycles. The van der Waals surface area contributed by atoms with Gasteiger partial charge < -0.3 is 9.47 Å². The summed E-state index contributed by atoms with van der Waals surface area (Å²) in [6.45, 7) is 1.94. The topological polar surface area (TPSA) is 95.7 Å². The zero-order chi connectivity index (χ0) is 18.3. The van der Waals surface area contributed by atoms with Gasteiger partial charge in [0.15, 0.2) is 5.92 Å². The molecule has 1 aromatic rings. The average molecular weight is 345 g/mol. The maximum absolute atomic E-state index is 13.4. The number of benzene rings is 1. The van der Waals surface area contributed by atoms with E-state index in [1.807, 2.05) is 0 Å². The molecule has 0 radical (unpaired) electrons. The van der Waals surface area contributed by atoms with Crippen LogP contribution in [0.2, 0.25) is 0 Å². The highest BCUT2D eigenvalue weighted by Crippen LogP contribution is 2.29. The Morgan fingerprint density at radius 2 is 1.54 bits per heavy atom. The summed E-state index contributed by atoms with van der Waals surface area (Å²) >= 11 is 0. The van der Waals surface area contributed by atoms with Gasteiger partial charge >= 0.3 is 11.9 Å². The monoisotopic (exact) mass is 345 g/mol. The van der Waals surface area contributed by atoms with Crippen molar-refractivity contribution in [1.29, 1.82) is 0 Å². The van der Waals surface area contributed by atoms with Gasteiger partial charge in [0.25, 0.3) is 0 Å². The fourth-order valence-electron chi connectivity index (χ4n) is 2.24. The number of rotatable bonds is 8. The van der Waals surface area contributed by atoms with Gasteiger partial charge in [0.1, 0.15) is 11.6 Å². The molecule has 7 nitrogen and oxygen atoms in total. The molecule has 0 aliphatic rings. The third-order valence-electron chi connectivity index (χ3n) is 3.14. The molecule has 1 rings (SSSR count). The van der Waals surface area contributed by atoms with Crippen molar-refractivity contribution >= 4 is 11.9 Å². The predicted octanol–water partition coefficient (Wildman–Crippen LogP) is 2.07. The SMILES string of the molecule is CCOC(=O)C(C(=O)OCC)C(C[N+](=O)[O-])c1cc(F)cc(F)c1. The van der Waals surface area contributed by atoms with Gasteiger partial charge in [0.05, 0.1) is 19.1 Å². The molecule has 0 fully saturated rings. The van der Waals surface area contributed by atoms with Crippen molar-refractivity contribution in [3.63, 3.8) is 0 Å². The first kappa shape index (κ1) is 19.5. The van der Waals surface area contributed by atoms with E-state index in [9.17, 15) is 28.5 Å². The molecule has 0 saturated carbocycles. The summed E-state index contributed by atoms with van der Waals surface area (Å²) in [5.41, 5.74) is -0.199. The lowest BCUT2D eigenvalue weighted by molar-refractivity contribution is -0.484. The minimum absolute atomic E-state index is 0.0720. The molecule has 0 aliphatic carbocycles. The lowest BCUT2D eigenvalue weighted by Crippen LogP contribution is -2.36. The first-order valence-electron chi connectivity index (χ1n) is 7.21. The Labute approximate surface area is 136 Å². The fraction of sp³-hybridized carbons (Fsp3) is 0.467. The zero-order valence-electron chi connectivity index (χ0n) is 13.2. The number of carbonyl (C=O) groups is 2. The van der Waals surface area contributed by atoms with Crippen LogP contribution in [0.25, 0.3) is 0 Å². The number of nitro groups is 1. The van der Waals surface area contributed by atoms with Crippen LogP contribution in [-0.4, -0.2) is 36.6 Å². The number of halogens is 2. The highest BCUT2D eigenvalue weighted by atomic mass is 19.1. The number of ether oxygens (including phenoxy) is 2. The van der Waals surface area contributed by atoms with Crippen LogP contribution in [0.3, 0.4) is 0 Å². The second-order valence-corrected chi connectivity index (χ2v) is 4.81. The van der Waals surface area contributed by atoms with Crippen LogP contribution in [0.15, 0.2) is 18.2 Å². The molecule has 1 unspecified atom stereocenters. The molecule has 1 atom stereocenters. The van der Waals surface area contributed by atoms with Crippen molar-refractivity contribution in [1.82, 2.24) is 0 Å². The first-order valence-corrected chi connectivity index (χ1v) is 7.21. The van der Waals surface area contributed by atoms with Gasteiger partial charge in [-0.3, -0.25) is 19.7 Å². The van der Waals surface area contributed by atoms with Crippen molar-refractivity contribution < 1.29 is 32.8 Å². The van der Waals surface area contributed by atoms with Crippen LogP contribution >= 0.6 is 0 Å². The Morgan fingerprint density at radius 1 is 1.08 bits per heavy atom. The second-order valence-electron chi connectivity index (χ2n) is 4.81. The van der Waals surface area contributed by atoms with Crippen molar-refractivity contribution in [3.8, 4) is 0 Å². The minimum Gasteiger partial charge on any atom is -0.465 e. The summed E-state index contributed by atoms with van der Waals surface area (Å²) in [7, 11) is 0. The summed E-state index contributed by atoms with van der Waals surface area (Å²) < 4.78 is 36.4. The molecule has 0 heterocycles. The van der Waals surface area contributed by atoms with Crippen molar-refractivity contribution in [2.24, 2.45) is 5.92 Å². The predicted molar refractivity (Wildman–Crippen MR) is 77.7 cm³/mol. The average Bonchev–Trinajstić information content (AvgIpc) is 2.45. The highest BCUT2D eigenvalue weighted by Gasteiger charge is 2.41. The number of hydrogen-bond donors (Lipinski definition) is 0. The van der Waals surface area contributed by atoms with E-state index in [0.29, 0.717) is 6.07 Å². The molecule has 0 aliphatic heterocycles. The Bertz CT molecular complexity index is 584. The van der Waals surface area contributed by atoms with E-state index >= 15 is 0 Å². The van der Waals surface area contributed by atoms with E-state index in [2.05, 4.69) is 0 Å². The van der Waals surface area contributed by atoms with Gasteiger partial charge in [0.2, 0.25) is 6.54 Å². The van der Waals surface area contributed by atoms with Crippen molar-refractivity contribution in [2.45, 2.75) is 19.8 Å². The van der Waals surface area contributed by atoms with Gasteiger partial charge in [0, 0.05) is 11.0 Å². The molecule has 0 N–H and O–H groups in total. The van der Waals surface area contributed by atoms with E-state index < -0.39 is 46.9 Å². The number of hydrogen-bond acceptors (Lipinski definition) is 6. The maximum Gasteiger partial charge on any atom is 0.321 e. The minimum atomic E-state index is -1.70. The molecule has 1 aromatic carbocycles. The van der Waals surface area contributed by atoms with E-state index in [4.69, 9.17) is 9.47 Å². The molecule has 0 bridgehead atoms. The number of carbonyl (C=O) groups excluding carboxylic acids is 2. The molecular formula is C15H17F2NO6. The van der Waals surface area contributed by atoms with E-state index in [1.165, 1.54) is 13.8 Å². The summed E-state index contributed by atoms with van der Waals surface area (Å²) in [4.78, 5) is 34.3. The Balaban J connectivity index is 3.36. The standard InChI is InChI=1S/C15H17F2NO6/c1-3-23-14(19)13(15(20)24-4-2)12(8-18(21)22)9-5-10(16)7-11(17)6-9/h5-7,12-13H,3-4,8H2,1-2H3. The smallest absolute Gasteiger partial charge is 0.321 e. The van der Waals surface area contributed by atoms with Crippen LogP contribution in [0.1, 0.15) is 25.3 Å². The molecule has 132 valence electrons. The zero-order valence-corrected chi connectivity index (χ0v) is 13.2. The van der Waals surface area contributed by atoms with Gasteiger partial charge in [-0.1, -0.05) is 0 Å². The van der Waals surface area contributed by atoms with Crippen LogP contribution in [0.4, 0.5) is 8.78 Å². The van der Waals surface area contributed by atoms with Crippen molar-refractivity contribution in [3.05, 3.63) is 45.5 Å². The van der Waals surface area contributed by atoms with E-state index in [1.54, 1.807) is 0 Å². The quantitative estimate of drug-likeness (QED) is 0.310. The lowest BCUT2D eigenvalue weighted by atomic mass is 9.85. The van der Waals surface area contributed by atoms with Gasteiger partial charge in [-0.05, 0) is 31.5 Å². The third-order valence-corrected chi connectivity index (χ3v) is 3.14. The number of esters is 2. The van der Waals surface area contributed by atoms with Gasteiger partial charge in [-0.15, -0.1) is 0 Å². The van der Waals surface area contributed by atoms with Gasteiger partial charge in [-0.25, -0.2) is 8.78 Å². The van der Waals surface area contributed by atoms with Crippen LogP contribution in [0.5, 0.6) is 0 Å². The molecule has 24 heavy (non-hydrogen) atoms. The number of nitrogens with zero attached hydrogens (tertiary/aromatic N) is 1. The normalized spacial score (nSPS) is 11.9. The summed E-state index contributed by atoms with van der Waals surface area (Å²) in [5.74, 6) is -7.19. The third kappa shape index (κ3) is 5.25. The molecular weight excluding hydrogens is 328 g/mol. The Hall–Kier alpha value is -2.58. The maximum atomic E-state index is 13.4. The Kier molecular flexibility index (Phi) is 7.22. The van der Waals surface area contributed by atoms with Crippen LogP contribution < -0.4 is 0 Å². The summed E-state index contributed by atoms with van der Waals surface area (Å²) in [5, 5.41) is 10.9. The second kappa shape index (κ2) is 8.90. The first-order chi connectivity index (χ1) is 11.3. The Morgan fingerprint density at radius 3 is 1.92 bits per heavy atom. The highest BCUT2D eigenvalue weighted by molar-refractivity contribution is 5.96. The molecule has 0 saturated heterocycles. The van der Waals surface area contributed by atoms with Crippen molar-refractivity contribution in [2.75, 3.05) is 19.8 Å². The summed E-state index contributed by atoms with van der Waals surface area (Å²) in [6, 6.07) is 2.25. The molecule has 0 spiro atoms. The van der Waals surface area contributed by atoms with E-state index in [-0.39, 0.29) is 18.8 Å². The van der Waals surface area contributed by atoms with Gasteiger partial charge in [-0.2, -0.15) is 0 Å².